The van der Waals surface area contributed by atoms with Gasteiger partial charge in [-0.25, -0.2) is 14.9 Å². The highest BCUT2D eigenvalue weighted by molar-refractivity contribution is 5.80. The predicted octanol–water partition coefficient (Wildman–Crippen LogP) is 2.27. The Bertz CT molecular complexity index is 1540. The van der Waals surface area contributed by atoms with Crippen molar-refractivity contribution in [3.8, 4) is 22.5 Å². The third kappa shape index (κ3) is 3.65. The van der Waals surface area contributed by atoms with Crippen LogP contribution in [0.15, 0.2) is 58.1 Å². The van der Waals surface area contributed by atoms with Gasteiger partial charge in [-0.15, -0.1) is 5.10 Å². The van der Waals surface area contributed by atoms with Crippen molar-refractivity contribution in [1.82, 2.24) is 39.7 Å². The Hall–Kier alpha value is -4.34. The first kappa shape index (κ1) is 20.6. The summed E-state index contributed by atoms with van der Waals surface area (Å²) in [5.41, 5.74) is 3.88. The second-order valence-electron chi connectivity index (χ2n) is 7.85. The molecule has 0 bridgehead atoms. The largest absolute Gasteiger partial charge is 0.329 e. The Labute approximate surface area is 187 Å². The number of hydrogen-bond acceptors (Lipinski definition) is 6. The van der Waals surface area contributed by atoms with E-state index < -0.39 is 5.69 Å². The molecule has 3 heterocycles. The molecule has 0 atom stereocenters. The lowest BCUT2D eigenvalue weighted by Gasteiger charge is -2.11. The molecule has 2 N–H and O–H groups in total. The monoisotopic (exact) mass is 442 g/mol. The number of aromatic nitrogens is 8. The number of aryl methyl sites for hydroxylation is 1. The van der Waals surface area contributed by atoms with E-state index in [0.29, 0.717) is 30.0 Å². The van der Waals surface area contributed by atoms with Crippen molar-refractivity contribution in [3.05, 3.63) is 80.8 Å². The summed E-state index contributed by atoms with van der Waals surface area (Å²) >= 11 is 0. The molecule has 0 unspecified atom stereocenters. The molecule has 33 heavy (non-hydrogen) atoms. The lowest BCUT2D eigenvalue weighted by atomic mass is 9.98. The van der Waals surface area contributed by atoms with E-state index in [2.05, 4.69) is 37.5 Å². The number of nitrogens with one attached hydrogen (secondary N) is 2. The minimum absolute atomic E-state index is 0.331. The lowest BCUT2D eigenvalue weighted by molar-refractivity contribution is 0.713. The summed E-state index contributed by atoms with van der Waals surface area (Å²) in [6, 6.07) is 16.0. The van der Waals surface area contributed by atoms with Gasteiger partial charge in [-0.3, -0.25) is 14.3 Å². The van der Waals surface area contributed by atoms with Crippen molar-refractivity contribution in [2.45, 2.75) is 26.3 Å². The molecule has 0 aliphatic rings. The zero-order valence-corrected chi connectivity index (χ0v) is 18.2. The number of tetrazole rings is 1. The van der Waals surface area contributed by atoms with Gasteiger partial charge in [-0.2, -0.15) is 0 Å². The van der Waals surface area contributed by atoms with E-state index in [1.54, 1.807) is 0 Å². The minimum Gasteiger partial charge on any atom is -0.318 e. The van der Waals surface area contributed by atoms with E-state index in [0.717, 1.165) is 39.1 Å². The predicted molar refractivity (Wildman–Crippen MR) is 124 cm³/mol. The second kappa shape index (κ2) is 8.30. The molecular formula is C23H22N8O2. The Kier molecular flexibility index (Phi) is 5.17. The summed E-state index contributed by atoms with van der Waals surface area (Å²) in [7, 11) is 1.47. The maximum absolute atomic E-state index is 12.8. The first-order valence-corrected chi connectivity index (χ1v) is 10.7. The minimum atomic E-state index is -0.467. The molecule has 0 aliphatic carbocycles. The Morgan fingerprint density at radius 3 is 2.45 bits per heavy atom. The van der Waals surface area contributed by atoms with Gasteiger partial charge in [0.25, 0.3) is 5.56 Å². The van der Waals surface area contributed by atoms with Gasteiger partial charge >= 0.3 is 5.69 Å². The number of imidazole rings is 1. The smallest absolute Gasteiger partial charge is 0.318 e. The summed E-state index contributed by atoms with van der Waals surface area (Å²) in [5.74, 6) is 1.38. The zero-order chi connectivity index (χ0) is 22.9. The van der Waals surface area contributed by atoms with Gasteiger partial charge in [0.1, 0.15) is 5.82 Å². The average Bonchev–Trinajstić information content (AvgIpc) is 3.47. The molecule has 10 nitrogen and oxygen atoms in total. The Balaban J connectivity index is 1.54. The summed E-state index contributed by atoms with van der Waals surface area (Å²) in [5, 5.41) is 14.2. The van der Waals surface area contributed by atoms with Crippen LogP contribution in [0.4, 0.5) is 0 Å². The van der Waals surface area contributed by atoms with E-state index in [9.17, 15) is 9.59 Å². The molecule has 0 aliphatic heterocycles. The fourth-order valence-electron chi connectivity index (χ4n) is 4.01. The maximum atomic E-state index is 12.8. The normalized spacial score (nSPS) is 11.3. The number of nitrogens with zero attached hydrogens (tertiary/aromatic N) is 6. The fraction of sp³-hybridized carbons (Fsp3) is 0.217. The fourth-order valence-corrected chi connectivity index (χ4v) is 4.01. The molecule has 0 spiro atoms. The van der Waals surface area contributed by atoms with Crippen molar-refractivity contribution in [2.75, 3.05) is 0 Å². The summed E-state index contributed by atoms with van der Waals surface area (Å²) < 4.78 is 2.98. The van der Waals surface area contributed by atoms with Gasteiger partial charge in [0.15, 0.2) is 17.0 Å². The first-order chi connectivity index (χ1) is 16.1. The van der Waals surface area contributed by atoms with Crippen LogP contribution in [-0.2, 0) is 20.0 Å². The molecule has 166 valence electrons. The average molecular weight is 442 g/mol. The van der Waals surface area contributed by atoms with Gasteiger partial charge in [-0.1, -0.05) is 55.5 Å². The van der Waals surface area contributed by atoms with Crippen LogP contribution in [0.1, 0.15) is 24.7 Å². The highest BCUT2D eigenvalue weighted by Gasteiger charge is 2.17. The third-order valence-corrected chi connectivity index (χ3v) is 5.69. The van der Waals surface area contributed by atoms with Gasteiger partial charge in [0.05, 0.1) is 0 Å². The quantitative estimate of drug-likeness (QED) is 0.415. The molecular weight excluding hydrogens is 420 g/mol. The Morgan fingerprint density at radius 2 is 1.76 bits per heavy atom. The highest BCUT2D eigenvalue weighted by atomic mass is 16.2. The number of benzene rings is 2. The number of H-pyrrole nitrogens is 2. The standard InChI is InChI=1S/C23H22N8O2/c1-3-6-18-24-21-19(22(32)30(2)23(33)25-21)31(18)13-14-9-11-15(12-10-14)16-7-4-5-8-17(16)20-26-28-29-27-20/h4-5,7-12H,3,6,13H2,1-2H3,(H,25,33)(H,26,27,28,29). The summed E-state index contributed by atoms with van der Waals surface area (Å²) in [6.45, 7) is 2.53. The van der Waals surface area contributed by atoms with Crippen LogP contribution in [0.2, 0.25) is 0 Å². The zero-order valence-electron chi connectivity index (χ0n) is 18.2. The van der Waals surface area contributed by atoms with Crippen LogP contribution in [-0.4, -0.2) is 39.7 Å². The van der Waals surface area contributed by atoms with Crippen molar-refractivity contribution in [1.29, 1.82) is 0 Å². The van der Waals surface area contributed by atoms with Crippen molar-refractivity contribution < 1.29 is 0 Å². The molecule has 0 amide bonds. The third-order valence-electron chi connectivity index (χ3n) is 5.69. The van der Waals surface area contributed by atoms with E-state index in [-0.39, 0.29) is 5.56 Å². The van der Waals surface area contributed by atoms with Crippen LogP contribution in [0.25, 0.3) is 33.7 Å². The lowest BCUT2D eigenvalue weighted by Crippen LogP contribution is -2.33. The van der Waals surface area contributed by atoms with Crippen LogP contribution < -0.4 is 11.2 Å². The SMILES string of the molecule is CCCc1nc2[nH]c(=O)n(C)c(=O)c2n1Cc1ccc(-c2ccccc2-c2nnn[nH]2)cc1. The van der Waals surface area contributed by atoms with Gasteiger partial charge in [-0.05, 0) is 33.5 Å². The van der Waals surface area contributed by atoms with E-state index in [1.165, 1.54) is 7.05 Å². The molecule has 10 heteroatoms. The van der Waals surface area contributed by atoms with Gasteiger partial charge < -0.3 is 4.57 Å². The molecule has 0 radical (unpaired) electrons. The molecule has 0 fully saturated rings. The van der Waals surface area contributed by atoms with Crippen LogP contribution >= 0.6 is 0 Å². The number of fused-ring (bicyclic) bond motifs is 1. The summed E-state index contributed by atoms with van der Waals surface area (Å²) in [6.07, 6.45) is 1.58. The molecule has 5 rings (SSSR count). The molecule has 3 aromatic heterocycles. The molecule has 2 aromatic carbocycles. The van der Waals surface area contributed by atoms with Crippen molar-refractivity contribution >= 4 is 11.2 Å². The van der Waals surface area contributed by atoms with Crippen LogP contribution in [0, 0.1) is 0 Å². The summed E-state index contributed by atoms with van der Waals surface area (Å²) in [4.78, 5) is 32.1. The van der Waals surface area contributed by atoms with Gasteiger partial charge in [0, 0.05) is 25.6 Å². The van der Waals surface area contributed by atoms with Crippen LogP contribution in [0.5, 0.6) is 0 Å². The number of aromatic amines is 2. The maximum Gasteiger partial charge on any atom is 0.329 e. The number of hydrogen-bond donors (Lipinski definition) is 2. The highest BCUT2D eigenvalue weighted by Crippen LogP contribution is 2.30. The number of rotatable bonds is 6. The molecule has 0 saturated heterocycles. The van der Waals surface area contributed by atoms with Crippen molar-refractivity contribution in [3.63, 3.8) is 0 Å². The van der Waals surface area contributed by atoms with Crippen molar-refractivity contribution in [2.24, 2.45) is 7.05 Å². The topological polar surface area (TPSA) is 127 Å². The first-order valence-electron chi connectivity index (χ1n) is 10.7. The Morgan fingerprint density at radius 1 is 1.00 bits per heavy atom. The molecule has 0 saturated carbocycles. The van der Waals surface area contributed by atoms with Crippen LogP contribution in [0.3, 0.4) is 0 Å². The van der Waals surface area contributed by atoms with E-state index in [4.69, 9.17) is 0 Å². The molecule has 5 aromatic rings. The second-order valence-corrected chi connectivity index (χ2v) is 7.85. The van der Waals surface area contributed by atoms with Gasteiger partial charge in [0.2, 0.25) is 0 Å². The van der Waals surface area contributed by atoms with E-state index in [1.807, 2.05) is 53.1 Å². The van der Waals surface area contributed by atoms with E-state index >= 15 is 0 Å².